The summed E-state index contributed by atoms with van der Waals surface area (Å²) < 4.78 is 17.0. The van der Waals surface area contributed by atoms with Crippen LogP contribution in [0.25, 0.3) is 0 Å². The molecule has 0 heterocycles. The van der Waals surface area contributed by atoms with Crippen LogP contribution in [0.3, 0.4) is 0 Å². The van der Waals surface area contributed by atoms with Crippen molar-refractivity contribution in [2.24, 2.45) is 22.7 Å². The third-order valence-corrected chi connectivity index (χ3v) is 2.98. The van der Waals surface area contributed by atoms with Crippen molar-refractivity contribution in [3.05, 3.63) is 0 Å². The Morgan fingerprint density at radius 3 is 1.44 bits per heavy atom. The van der Waals surface area contributed by atoms with Gasteiger partial charge < -0.3 is 4.74 Å². The van der Waals surface area contributed by atoms with Gasteiger partial charge in [0.1, 0.15) is 0 Å². The SMILES string of the molecule is COC(=O)C(C(C(=O)OF)C(C)(C)C)C(C)(C)C. The summed E-state index contributed by atoms with van der Waals surface area (Å²) in [7, 11) is 1.25. The first-order valence-corrected chi connectivity index (χ1v) is 5.87. The Morgan fingerprint density at radius 2 is 1.22 bits per heavy atom. The quantitative estimate of drug-likeness (QED) is 0.734. The molecule has 0 amide bonds. The molecule has 0 aliphatic carbocycles. The second-order valence-corrected chi connectivity index (χ2v) is 6.61. The molecule has 0 aromatic heterocycles. The third kappa shape index (κ3) is 3.96. The first-order valence-electron chi connectivity index (χ1n) is 5.87. The summed E-state index contributed by atoms with van der Waals surface area (Å²) in [6, 6.07) is 0. The molecule has 0 fully saturated rings. The predicted octanol–water partition coefficient (Wildman–Crippen LogP) is 2.91. The minimum Gasteiger partial charge on any atom is -0.469 e. The van der Waals surface area contributed by atoms with Crippen molar-refractivity contribution in [2.45, 2.75) is 41.5 Å². The summed E-state index contributed by atoms with van der Waals surface area (Å²) in [6.07, 6.45) is 0. The lowest BCUT2D eigenvalue weighted by Crippen LogP contribution is -2.45. The van der Waals surface area contributed by atoms with Crippen LogP contribution in [0.5, 0.6) is 0 Å². The topological polar surface area (TPSA) is 52.6 Å². The Hall–Kier alpha value is -1.13. The summed E-state index contributed by atoms with van der Waals surface area (Å²) in [5, 5.41) is 0. The van der Waals surface area contributed by atoms with Crippen molar-refractivity contribution in [2.75, 3.05) is 7.11 Å². The molecule has 0 rings (SSSR count). The van der Waals surface area contributed by atoms with E-state index in [1.54, 1.807) is 41.5 Å². The molecule has 0 bridgehead atoms. The molecule has 2 unspecified atom stereocenters. The van der Waals surface area contributed by atoms with Gasteiger partial charge >= 0.3 is 11.9 Å². The maximum Gasteiger partial charge on any atom is 0.353 e. The number of carbonyl (C=O) groups is 2. The van der Waals surface area contributed by atoms with E-state index in [2.05, 4.69) is 4.94 Å². The highest BCUT2D eigenvalue weighted by Crippen LogP contribution is 2.42. The first kappa shape index (κ1) is 16.9. The fourth-order valence-corrected chi connectivity index (χ4v) is 2.15. The largest absolute Gasteiger partial charge is 0.469 e. The average molecular weight is 262 g/mol. The van der Waals surface area contributed by atoms with Crippen molar-refractivity contribution >= 4 is 11.9 Å². The summed E-state index contributed by atoms with van der Waals surface area (Å²) >= 11 is 0. The number of methoxy groups -OCH3 is 1. The van der Waals surface area contributed by atoms with Gasteiger partial charge in [0.25, 0.3) is 0 Å². The fourth-order valence-electron chi connectivity index (χ4n) is 2.15. The summed E-state index contributed by atoms with van der Waals surface area (Å²) in [4.78, 5) is 26.9. The molecule has 0 saturated heterocycles. The molecule has 0 radical (unpaired) electrons. The van der Waals surface area contributed by atoms with Crippen molar-refractivity contribution < 1.29 is 23.8 Å². The molecule has 4 nitrogen and oxygen atoms in total. The second kappa shape index (κ2) is 5.67. The smallest absolute Gasteiger partial charge is 0.353 e. The Bertz CT molecular complexity index is 280. The van der Waals surface area contributed by atoms with E-state index in [9.17, 15) is 14.1 Å². The van der Waals surface area contributed by atoms with Crippen LogP contribution >= 0.6 is 0 Å². The van der Waals surface area contributed by atoms with Crippen molar-refractivity contribution in [3.8, 4) is 0 Å². The number of hydrogen-bond acceptors (Lipinski definition) is 4. The normalized spacial score (nSPS) is 15.8. The lowest BCUT2D eigenvalue weighted by Gasteiger charge is -2.39. The van der Waals surface area contributed by atoms with Crippen LogP contribution in [0.2, 0.25) is 0 Å². The van der Waals surface area contributed by atoms with E-state index in [0.717, 1.165) is 0 Å². The molecule has 0 N–H and O–H groups in total. The van der Waals surface area contributed by atoms with Crippen LogP contribution in [-0.2, 0) is 19.3 Å². The maximum absolute atomic E-state index is 12.3. The summed E-state index contributed by atoms with van der Waals surface area (Å²) in [6.45, 7) is 10.7. The van der Waals surface area contributed by atoms with Gasteiger partial charge in [0, 0.05) is 4.53 Å². The van der Waals surface area contributed by atoms with Gasteiger partial charge in [-0.25, -0.2) is 4.79 Å². The van der Waals surface area contributed by atoms with E-state index >= 15 is 0 Å². The number of halogens is 1. The molecular weight excluding hydrogens is 239 g/mol. The first-order chi connectivity index (χ1) is 7.96. The Balaban J connectivity index is 5.65. The Morgan fingerprint density at radius 1 is 0.889 bits per heavy atom. The molecule has 18 heavy (non-hydrogen) atoms. The molecular formula is C13H23FO4. The van der Waals surface area contributed by atoms with Crippen LogP contribution in [0.1, 0.15) is 41.5 Å². The van der Waals surface area contributed by atoms with Crippen LogP contribution in [0.15, 0.2) is 0 Å². The standard InChI is InChI=1S/C13H23FO4/c1-12(2,3)8(10(15)17-7)9(11(16)18-14)13(4,5)6/h8-9H,1-7H3. The number of carbonyl (C=O) groups excluding carboxylic acids is 2. The minimum atomic E-state index is -1.03. The van der Waals surface area contributed by atoms with Gasteiger partial charge in [-0.05, 0) is 10.8 Å². The lowest BCUT2D eigenvalue weighted by atomic mass is 9.64. The van der Waals surface area contributed by atoms with Gasteiger partial charge in [0.15, 0.2) is 0 Å². The molecule has 0 aliphatic rings. The van der Waals surface area contributed by atoms with Crippen LogP contribution in [0.4, 0.5) is 4.53 Å². The van der Waals surface area contributed by atoms with Crippen molar-refractivity contribution in [3.63, 3.8) is 0 Å². The van der Waals surface area contributed by atoms with Gasteiger partial charge in [-0.1, -0.05) is 41.5 Å². The Labute approximate surface area is 108 Å². The zero-order valence-electron chi connectivity index (χ0n) is 12.2. The molecule has 0 aliphatic heterocycles. The monoisotopic (exact) mass is 262 g/mol. The van der Waals surface area contributed by atoms with Gasteiger partial charge in [0.05, 0.1) is 18.9 Å². The zero-order chi connectivity index (χ0) is 14.7. The maximum atomic E-state index is 12.3. The molecule has 5 heteroatoms. The van der Waals surface area contributed by atoms with Crippen LogP contribution in [-0.4, -0.2) is 19.0 Å². The number of rotatable bonds is 3. The van der Waals surface area contributed by atoms with Crippen molar-refractivity contribution in [1.82, 2.24) is 0 Å². The molecule has 0 aromatic rings. The second-order valence-electron chi connectivity index (χ2n) is 6.61. The fraction of sp³-hybridized carbons (Fsp3) is 0.846. The zero-order valence-corrected chi connectivity index (χ0v) is 12.2. The van der Waals surface area contributed by atoms with Crippen LogP contribution < -0.4 is 0 Å². The number of ether oxygens (including phenoxy) is 1. The van der Waals surface area contributed by atoms with E-state index < -0.39 is 34.6 Å². The molecule has 106 valence electrons. The highest BCUT2D eigenvalue weighted by atomic mass is 19.3. The summed E-state index contributed by atoms with van der Waals surface area (Å²) in [5.74, 6) is -3.25. The van der Waals surface area contributed by atoms with Gasteiger partial charge in [-0.3, -0.25) is 9.74 Å². The summed E-state index contributed by atoms with van der Waals surface area (Å²) in [5.41, 5.74) is -1.16. The number of esters is 1. The molecule has 0 spiro atoms. The highest BCUT2D eigenvalue weighted by molar-refractivity contribution is 5.83. The molecule has 0 saturated carbocycles. The molecule has 2 atom stereocenters. The predicted molar refractivity (Wildman–Crippen MR) is 65.1 cm³/mol. The lowest BCUT2D eigenvalue weighted by molar-refractivity contribution is -0.201. The van der Waals surface area contributed by atoms with Crippen LogP contribution in [0, 0.1) is 22.7 Å². The van der Waals surface area contributed by atoms with Gasteiger partial charge in [0.2, 0.25) is 0 Å². The van der Waals surface area contributed by atoms with Gasteiger partial charge in [-0.2, -0.15) is 0 Å². The van der Waals surface area contributed by atoms with Crippen molar-refractivity contribution in [1.29, 1.82) is 0 Å². The van der Waals surface area contributed by atoms with E-state index in [1.165, 1.54) is 7.11 Å². The van der Waals surface area contributed by atoms with E-state index in [0.29, 0.717) is 0 Å². The average Bonchev–Trinajstić information content (AvgIpc) is 2.20. The molecule has 0 aromatic carbocycles. The number of hydrogen-bond donors (Lipinski definition) is 0. The van der Waals surface area contributed by atoms with E-state index in [-0.39, 0.29) is 0 Å². The third-order valence-electron chi connectivity index (χ3n) is 2.98. The highest BCUT2D eigenvalue weighted by Gasteiger charge is 2.49. The van der Waals surface area contributed by atoms with E-state index in [4.69, 9.17) is 4.74 Å². The minimum absolute atomic E-state index is 0.534. The van der Waals surface area contributed by atoms with E-state index in [1.807, 2.05) is 0 Å². The Kier molecular flexibility index (Phi) is 5.32. The van der Waals surface area contributed by atoms with Gasteiger partial charge in [-0.15, -0.1) is 0 Å².